The molecule has 0 bridgehead atoms. The molecule has 2 aromatic heterocycles. The van der Waals surface area contributed by atoms with Gasteiger partial charge in [0.1, 0.15) is 35.8 Å². The van der Waals surface area contributed by atoms with Gasteiger partial charge in [0.2, 0.25) is 0 Å². The topological polar surface area (TPSA) is 135 Å². The van der Waals surface area contributed by atoms with Crippen LogP contribution in [0.5, 0.6) is 0 Å². The van der Waals surface area contributed by atoms with Crippen LogP contribution in [0.1, 0.15) is 18.6 Å². The number of nitrogen functional groups attached to an aromatic ring is 1. The maximum Gasteiger partial charge on any atom is 0.194 e. The van der Waals surface area contributed by atoms with Crippen LogP contribution in [0.2, 0.25) is 0 Å². The number of fused-ring (bicyclic) bond motifs is 1. The van der Waals surface area contributed by atoms with E-state index in [1.54, 1.807) is 0 Å². The summed E-state index contributed by atoms with van der Waals surface area (Å²) in [7, 11) is 0. The third-order valence-electron chi connectivity index (χ3n) is 3.66. The molecular formula is C12H15N3O5. The maximum atomic E-state index is 10.4. The van der Waals surface area contributed by atoms with E-state index in [0.29, 0.717) is 16.7 Å². The molecule has 3 rings (SSSR count). The third kappa shape index (κ3) is 1.70. The molecule has 8 heteroatoms. The molecule has 0 amide bonds. The Morgan fingerprint density at radius 3 is 2.85 bits per heavy atom. The Kier molecular flexibility index (Phi) is 2.91. The van der Waals surface area contributed by atoms with Gasteiger partial charge < -0.3 is 30.2 Å². The molecule has 4 atom stereocenters. The van der Waals surface area contributed by atoms with E-state index in [2.05, 4.69) is 9.97 Å². The Morgan fingerprint density at radius 1 is 1.45 bits per heavy atom. The van der Waals surface area contributed by atoms with Crippen molar-refractivity contribution in [1.82, 2.24) is 9.97 Å². The summed E-state index contributed by atoms with van der Waals surface area (Å²) in [6.45, 7) is 1.03. The number of nitrogens with two attached hydrogens (primary N) is 1. The second kappa shape index (κ2) is 4.38. The average Bonchev–Trinajstić information content (AvgIpc) is 2.92. The number of aliphatic hydroxyl groups is 3. The number of aliphatic hydroxyl groups excluding tert-OH is 2. The first-order valence-corrected chi connectivity index (χ1v) is 6.11. The number of ether oxygens (including phenoxy) is 1. The fourth-order valence-corrected chi connectivity index (χ4v) is 2.52. The summed E-state index contributed by atoms with van der Waals surface area (Å²) in [4.78, 5) is 7.88. The summed E-state index contributed by atoms with van der Waals surface area (Å²) in [5, 5.41) is 29.6. The minimum Gasteiger partial charge on any atom is -0.458 e. The van der Waals surface area contributed by atoms with Gasteiger partial charge in [-0.25, -0.2) is 9.97 Å². The molecule has 0 aromatic carbocycles. The lowest BCUT2D eigenvalue weighted by Gasteiger charge is -2.25. The Labute approximate surface area is 113 Å². The molecule has 0 spiro atoms. The van der Waals surface area contributed by atoms with Crippen LogP contribution in [0.4, 0.5) is 5.82 Å². The highest BCUT2D eigenvalue weighted by Crippen LogP contribution is 2.44. The summed E-state index contributed by atoms with van der Waals surface area (Å²) in [6.07, 6.45) is -0.340. The standard InChI is InChI=1S/C12H15N3O5/c1-12(18)9(17)6(2-16)20-10(12)5-3-19-8-7(5)14-4-15-11(8)13/h3-4,6,9-10,16-18H,2H2,1H3,(H2,13,14,15)/t6?,9-,10+,12-/m1/s1. The molecule has 5 N–H and O–H groups in total. The Morgan fingerprint density at radius 2 is 2.20 bits per heavy atom. The first-order chi connectivity index (χ1) is 9.46. The third-order valence-corrected chi connectivity index (χ3v) is 3.66. The van der Waals surface area contributed by atoms with Crippen LogP contribution >= 0.6 is 0 Å². The van der Waals surface area contributed by atoms with E-state index in [4.69, 9.17) is 14.9 Å². The number of anilines is 1. The second-order valence-electron chi connectivity index (χ2n) is 5.04. The van der Waals surface area contributed by atoms with Crippen molar-refractivity contribution in [2.24, 2.45) is 0 Å². The fraction of sp³-hybridized carbons (Fsp3) is 0.500. The monoisotopic (exact) mass is 281 g/mol. The number of rotatable bonds is 2. The predicted molar refractivity (Wildman–Crippen MR) is 67.5 cm³/mol. The minimum atomic E-state index is -1.58. The Hall–Kier alpha value is -1.74. The molecule has 0 radical (unpaired) electrons. The maximum absolute atomic E-state index is 10.4. The molecule has 1 saturated heterocycles. The lowest BCUT2D eigenvalue weighted by Crippen LogP contribution is -2.42. The molecule has 1 unspecified atom stereocenters. The van der Waals surface area contributed by atoms with E-state index in [1.165, 1.54) is 19.5 Å². The molecule has 1 aliphatic rings. The zero-order valence-corrected chi connectivity index (χ0v) is 10.7. The van der Waals surface area contributed by atoms with E-state index < -0.39 is 30.5 Å². The van der Waals surface area contributed by atoms with Crippen LogP contribution in [0.3, 0.4) is 0 Å². The molecule has 2 aromatic rings. The van der Waals surface area contributed by atoms with Crippen molar-refractivity contribution in [2.75, 3.05) is 12.3 Å². The summed E-state index contributed by atoms with van der Waals surface area (Å²) in [6, 6.07) is 0. The van der Waals surface area contributed by atoms with Gasteiger partial charge in [-0.3, -0.25) is 0 Å². The fourth-order valence-electron chi connectivity index (χ4n) is 2.52. The molecule has 3 heterocycles. The van der Waals surface area contributed by atoms with Gasteiger partial charge in [-0.2, -0.15) is 0 Å². The molecular weight excluding hydrogens is 266 g/mol. The van der Waals surface area contributed by atoms with Gasteiger partial charge in [-0.05, 0) is 6.92 Å². The molecule has 0 saturated carbocycles. The van der Waals surface area contributed by atoms with Crippen molar-refractivity contribution in [3.8, 4) is 0 Å². The lowest BCUT2D eigenvalue weighted by atomic mass is 9.89. The van der Waals surface area contributed by atoms with Gasteiger partial charge in [-0.1, -0.05) is 0 Å². The largest absolute Gasteiger partial charge is 0.458 e. The summed E-state index contributed by atoms with van der Waals surface area (Å²) < 4.78 is 10.8. The van der Waals surface area contributed by atoms with Gasteiger partial charge in [0, 0.05) is 5.56 Å². The lowest BCUT2D eigenvalue weighted by molar-refractivity contribution is -0.0643. The first kappa shape index (κ1) is 13.3. The molecule has 20 heavy (non-hydrogen) atoms. The first-order valence-electron chi connectivity index (χ1n) is 6.11. The highest BCUT2D eigenvalue weighted by Gasteiger charge is 2.53. The van der Waals surface area contributed by atoms with E-state index >= 15 is 0 Å². The molecule has 108 valence electrons. The highest BCUT2D eigenvalue weighted by molar-refractivity contribution is 5.85. The molecule has 8 nitrogen and oxygen atoms in total. The smallest absolute Gasteiger partial charge is 0.194 e. The summed E-state index contributed by atoms with van der Waals surface area (Å²) in [5.74, 6) is 0.179. The Balaban J connectivity index is 2.10. The van der Waals surface area contributed by atoms with Crippen molar-refractivity contribution >= 4 is 16.9 Å². The van der Waals surface area contributed by atoms with Crippen molar-refractivity contribution in [1.29, 1.82) is 0 Å². The zero-order chi connectivity index (χ0) is 14.5. The van der Waals surface area contributed by atoms with Crippen molar-refractivity contribution in [2.45, 2.75) is 30.8 Å². The van der Waals surface area contributed by atoms with Crippen LogP contribution in [0, 0.1) is 0 Å². The normalized spacial score (nSPS) is 33.9. The van der Waals surface area contributed by atoms with Gasteiger partial charge in [0.05, 0.1) is 12.9 Å². The van der Waals surface area contributed by atoms with Gasteiger partial charge in [0.15, 0.2) is 11.4 Å². The van der Waals surface area contributed by atoms with Crippen molar-refractivity contribution in [3.63, 3.8) is 0 Å². The van der Waals surface area contributed by atoms with Crippen LogP contribution in [-0.2, 0) is 4.74 Å². The van der Waals surface area contributed by atoms with Crippen LogP contribution < -0.4 is 5.73 Å². The number of furan rings is 1. The highest BCUT2D eigenvalue weighted by atomic mass is 16.6. The average molecular weight is 281 g/mol. The van der Waals surface area contributed by atoms with Crippen molar-refractivity contribution < 1.29 is 24.5 Å². The van der Waals surface area contributed by atoms with Crippen molar-refractivity contribution in [3.05, 3.63) is 18.2 Å². The van der Waals surface area contributed by atoms with Crippen LogP contribution in [0.15, 0.2) is 17.0 Å². The SMILES string of the molecule is C[C@@]1(O)[C@H](O)C(CO)O[C@H]1c1coc2c(N)ncnc12. The number of hydrogen-bond acceptors (Lipinski definition) is 8. The summed E-state index contributed by atoms with van der Waals surface area (Å²) in [5.41, 5.74) is 5.26. The van der Waals surface area contributed by atoms with E-state index in [0.717, 1.165) is 0 Å². The second-order valence-corrected chi connectivity index (χ2v) is 5.04. The van der Waals surface area contributed by atoms with E-state index in [-0.39, 0.29) is 5.82 Å². The van der Waals surface area contributed by atoms with E-state index in [9.17, 15) is 15.3 Å². The Bertz CT molecular complexity index is 641. The predicted octanol–water partition coefficient (Wildman–Crippen LogP) is -0.651. The number of aromatic nitrogens is 2. The van der Waals surface area contributed by atoms with Gasteiger partial charge in [0.25, 0.3) is 0 Å². The molecule has 1 fully saturated rings. The summed E-state index contributed by atoms with van der Waals surface area (Å²) >= 11 is 0. The molecule has 1 aliphatic heterocycles. The number of hydrogen-bond donors (Lipinski definition) is 4. The van der Waals surface area contributed by atoms with Gasteiger partial charge in [-0.15, -0.1) is 0 Å². The zero-order valence-electron chi connectivity index (χ0n) is 10.7. The molecule has 0 aliphatic carbocycles. The minimum absolute atomic E-state index is 0.179. The number of nitrogens with zero attached hydrogens (tertiary/aromatic N) is 2. The van der Waals surface area contributed by atoms with Gasteiger partial charge >= 0.3 is 0 Å². The van der Waals surface area contributed by atoms with E-state index in [1.807, 2.05) is 0 Å². The quantitative estimate of drug-likeness (QED) is 0.570. The van der Waals surface area contributed by atoms with Crippen LogP contribution in [0.25, 0.3) is 11.1 Å². The van der Waals surface area contributed by atoms with Crippen LogP contribution in [-0.4, -0.2) is 49.7 Å².